The van der Waals surface area contributed by atoms with Gasteiger partial charge in [0.1, 0.15) is 74.3 Å². The van der Waals surface area contributed by atoms with Crippen molar-refractivity contribution in [3.05, 3.63) is 0 Å². The molecule has 0 aromatic heterocycles. The summed E-state index contributed by atoms with van der Waals surface area (Å²) in [6, 6.07) is 0. The van der Waals surface area contributed by atoms with Crippen LogP contribution in [0.3, 0.4) is 0 Å². The number of hydrogen-bond donors (Lipinski definition) is 8. The molecule has 400 valence electrons. The van der Waals surface area contributed by atoms with E-state index in [2.05, 4.69) is 0 Å². The van der Waals surface area contributed by atoms with E-state index in [4.69, 9.17) is 76.5 Å². The zero-order chi connectivity index (χ0) is 52.9. The first kappa shape index (κ1) is 59.5. The van der Waals surface area contributed by atoms with Gasteiger partial charge in [-0.1, -0.05) is 0 Å². The van der Waals surface area contributed by atoms with Gasteiger partial charge in [-0.25, -0.2) is 0 Å². The van der Waals surface area contributed by atoms with E-state index < -0.39 is 197 Å². The second kappa shape index (κ2) is 27.1. The van der Waals surface area contributed by atoms with E-state index in [9.17, 15) is 69.0 Å². The van der Waals surface area contributed by atoms with E-state index in [0.29, 0.717) is 0 Å². The van der Waals surface area contributed by atoms with Crippen molar-refractivity contribution in [3.8, 4) is 0 Å². The van der Waals surface area contributed by atoms with Gasteiger partial charge in [0.2, 0.25) is 12.6 Å². The number of ether oxygens (including phenoxy) is 14. The molecule has 4 saturated heterocycles. The van der Waals surface area contributed by atoms with Crippen molar-refractivity contribution in [3.63, 3.8) is 0 Å². The third kappa shape index (κ3) is 16.6. The Labute approximate surface area is 397 Å². The molecule has 8 N–H and O–H groups in total. The Balaban J connectivity index is 0.000000468. The highest BCUT2D eigenvalue weighted by atomic mass is 16.8. The van der Waals surface area contributed by atoms with Gasteiger partial charge in [0.25, 0.3) is 0 Å². The number of aliphatic hydroxyl groups excluding tert-OH is 8. The van der Waals surface area contributed by atoms with Crippen molar-refractivity contribution >= 4 is 47.8 Å². The highest BCUT2D eigenvalue weighted by molar-refractivity contribution is 5.70. The molecule has 30 heteroatoms. The summed E-state index contributed by atoms with van der Waals surface area (Å²) in [4.78, 5) is 96.2. The van der Waals surface area contributed by atoms with Gasteiger partial charge in [0.05, 0.1) is 13.2 Å². The average Bonchev–Trinajstić information content (AvgIpc) is 3.25. The van der Waals surface area contributed by atoms with E-state index in [1.54, 1.807) is 0 Å². The highest BCUT2D eigenvalue weighted by Crippen LogP contribution is 2.36. The van der Waals surface area contributed by atoms with Crippen LogP contribution >= 0.6 is 0 Å². The molecule has 10 unspecified atom stereocenters. The minimum atomic E-state index is -1.84. The molecule has 0 aromatic rings. The van der Waals surface area contributed by atoms with Gasteiger partial charge < -0.3 is 107 Å². The van der Waals surface area contributed by atoms with Crippen LogP contribution in [-0.2, 0) is 105 Å². The molecule has 0 spiro atoms. The summed E-state index contributed by atoms with van der Waals surface area (Å²) >= 11 is 0. The second-order valence-electron chi connectivity index (χ2n) is 15.8. The monoisotopic (exact) mass is 1020 g/mol. The van der Waals surface area contributed by atoms with Crippen LogP contribution in [-0.4, -0.2) is 238 Å². The van der Waals surface area contributed by atoms with Crippen molar-refractivity contribution in [2.45, 2.75) is 178 Å². The number of aliphatic hydroxyl groups is 8. The minimum Gasteiger partial charge on any atom is -0.463 e. The van der Waals surface area contributed by atoms with Gasteiger partial charge in [-0.3, -0.25) is 38.4 Å². The van der Waals surface area contributed by atoms with Gasteiger partial charge in [-0.05, 0) is 0 Å². The Morgan fingerprint density at radius 3 is 0.857 bits per heavy atom. The molecule has 0 amide bonds. The summed E-state index contributed by atoms with van der Waals surface area (Å²) in [7, 11) is 0. The maximum absolute atomic E-state index is 12.2. The molecule has 0 aromatic carbocycles. The molecule has 70 heavy (non-hydrogen) atoms. The van der Waals surface area contributed by atoms with Crippen LogP contribution in [0.15, 0.2) is 0 Å². The smallest absolute Gasteiger partial charge is 0.303 e. The maximum Gasteiger partial charge on any atom is 0.303 e. The van der Waals surface area contributed by atoms with E-state index in [0.717, 1.165) is 55.4 Å². The van der Waals surface area contributed by atoms with E-state index in [1.807, 2.05) is 0 Å². The number of esters is 8. The lowest BCUT2D eigenvalue weighted by atomic mass is 9.96. The zero-order valence-corrected chi connectivity index (χ0v) is 38.9. The molecule has 0 radical (unpaired) electrons. The maximum atomic E-state index is 12.2. The molecule has 20 atom stereocenters. The predicted molar refractivity (Wildman–Crippen MR) is 214 cm³/mol. The van der Waals surface area contributed by atoms with E-state index in [1.165, 1.54) is 0 Å². The van der Waals surface area contributed by atoms with Gasteiger partial charge in [-0.2, -0.15) is 0 Å². The van der Waals surface area contributed by atoms with Crippen molar-refractivity contribution in [1.82, 2.24) is 0 Å². The third-order valence-electron chi connectivity index (χ3n) is 10.1. The summed E-state index contributed by atoms with van der Waals surface area (Å²) in [6.45, 7) is 5.77. The molecular formula is C40H60O30. The van der Waals surface area contributed by atoms with Crippen molar-refractivity contribution in [2.24, 2.45) is 0 Å². The summed E-state index contributed by atoms with van der Waals surface area (Å²) in [5.74, 6) is -6.98. The molecule has 30 nitrogen and oxygen atoms in total. The quantitative estimate of drug-likeness (QED) is 0.0527. The van der Waals surface area contributed by atoms with Crippen LogP contribution in [0, 0.1) is 0 Å². The third-order valence-corrected chi connectivity index (χ3v) is 10.1. The molecule has 4 fully saturated rings. The number of hydrogen-bond acceptors (Lipinski definition) is 30. The standard InChI is InChI=1S/C28H38O19.C12H22O11/c1-11(29)37-9-19-21(39-13(3)31)23(41-15(5)33)25(43-17(7)35)27(45-19)47-28-26(44-18(8)36)24(42-16(6)34)22(40-14(4)32)20(46-28)10-38-12(2)30;13-1-3-5(15)7(17)9(19)11(21-3)23-12-10(20)8(18)6(16)4(2-14)22-12/h19-28H,9-10H2,1-8H3;3-20H,1-2H2/t19?,20?,21-,22+,23+,24?,25?,26?,27-,28+;3?,4?,5-,6+,7+,8?,9?,10?,11-,12+/m11/s1. The van der Waals surface area contributed by atoms with Crippen LogP contribution in [0.1, 0.15) is 55.4 Å². The topological polar surface area (TPSA) is 428 Å². The largest absolute Gasteiger partial charge is 0.463 e. The van der Waals surface area contributed by atoms with Crippen molar-refractivity contribution in [2.75, 3.05) is 26.4 Å². The van der Waals surface area contributed by atoms with Crippen LogP contribution < -0.4 is 0 Å². The lowest BCUT2D eigenvalue weighted by Gasteiger charge is -2.48. The average molecular weight is 1020 g/mol. The molecule has 0 saturated carbocycles. The summed E-state index contributed by atoms with van der Waals surface area (Å²) in [5.41, 5.74) is 0. The fraction of sp³-hybridized carbons (Fsp3) is 0.800. The Morgan fingerprint density at radius 1 is 0.329 bits per heavy atom. The van der Waals surface area contributed by atoms with Gasteiger partial charge in [-0.15, -0.1) is 0 Å². The Bertz CT molecular complexity index is 1670. The fourth-order valence-corrected chi connectivity index (χ4v) is 7.22. The van der Waals surface area contributed by atoms with Crippen LogP contribution in [0.5, 0.6) is 0 Å². The van der Waals surface area contributed by atoms with E-state index >= 15 is 0 Å². The lowest BCUT2D eigenvalue weighted by molar-refractivity contribution is -0.377. The lowest BCUT2D eigenvalue weighted by Crippen LogP contribution is -2.66. The number of carbonyl (C=O) groups excluding carboxylic acids is 8. The second-order valence-corrected chi connectivity index (χ2v) is 15.8. The van der Waals surface area contributed by atoms with Crippen LogP contribution in [0.25, 0.3) is 0 Å². The Kier molecular flexibility index (Phi) is 23.1. The molecule has 0 aliphatic carbocycles. The van der Waals surface area contributed by atoms with Gasteiger partial charge >= 0.3 is 47.8 Å². The molecular weight excluding hydrogens is 960 g/mol. The molecule has 4 aliphatic rings. The van der Waals surface area contributed by atoms with Crippen LogP contribution in [0.4, 0.5) is 0 Å². The number of carbonyl (C=O) groups is 8. The fourth-order valence-electron chi connectivity index (χ4n) is 7.22. The normalized spacial score (nSPS) is 37.1. The van der Waals surface area contributed by atoms with Gasteiger partial charge in [0.15, 0.2) is 49.2 Å². The first-order valence-corrected chi connectivity index (χ1v) is 21.2. The summed E-state index contributed by atoms with van der Waals surface area (Å²) < 4.78 is 75.4. The summed E-state index contributed by atoms with van der Waals surface area (Å²) in [5, 5.41) is 76.4. The molecule has 4 heterocycles. The van der Waals surface area contributed by atoms with Crippen LogP contribution in [0.2, 0.25) is 0 Å². The molecule has 0 bridgehead atoms. The minimum absolute atomic E-state index is 0.587. The summed E-state index contributed by atoms with van der Waals surface area (Å²) in [6.07, 6.45) is -31.9. The predicted octanol–water partition coefficient (Wildman–Crippen LogP) is -6.23. The van der Waals surface area contributed by atoms with E-state index in [-0.39, 0.29) is 0 Å². The molecule has 4 rings (SSSR count). The molecule has 4 aliphatic heterocycles. The zero-order valence-electron chi connectivity index (χ0n) is 38.9. The first-order chi connectivity index (χ1) is 32.7. The van der Waals surface area contributed by atoms with Crippen molar-refractivity contribution in [1.29, 1.82) is 0 Å². The Morgan fingerprint density at radius 2 is 0.586 bits per heavy atom. The van der Waals surface area contributed by atoms with Gasteiger partial charge in [0, 0.05) is 55.4 Å². The highest BCUT2D eigenvalue weighted by Gasteiger charge is 2.58. The first-order valence-electron chi connectivity index (χ1n) is 21.2. The SMILES string of the molecule is CC(=O)OCC1O[C@@H](O[C@H]2OC(COC(C)=O)[C@@H](OC(C)=O)[C@H](OC(C)=O)C2OC(C)=O)C(OC(C)=O)C(OC(C)=O)[C@H]1OC(C)=O.OCC1O[C@@H](O[C@H]2OC(CO)[C@@H](O)[C@H](O)C2O)C(O)C(O)[C@H]1O. The Hall–Kier alpha value is -4.80. The number of rotatable bonds is 16. The van der Waals surface area contributed by atoms with Crippen molar-refractivity contribution < 1.29 is 146 Å².